The van der Waals surface area contributed by atoms with E-state index in [-0.39, 0.29) is 5.91 Å². The average molecular weight is 359 g/mol. The topological polar surface area (TPSA) is 56.4 Å². The van der Waals surface area contributed by atoms with E-state index in [0.29, 0.717) is 24.3 Å². The molecule has 0 aliphatic carbocycles. The third-order valence-electron chi connectivity index (χ3n) is 5.93. The molecule has 2 fully saturated rings. The minimum absolute atomic E-state index is 0.126. The Hall–Kier alpha value is -1.59. The van der Waals surface area contributed by atoms with Gasteiger partial charge in [-0.25, -0.2) is 0 Å². The Morgan fingerprint density at radius 1 is 1.23 bits per heavy atom. The van der Waals surface area contributed by atoms with Gasteiger partial charge in [-0.3, -0.25) is 4.79 Å². The number of nitrogens with zero attached hydrogens (tertiary/aromatic N) is 1. The van der Waals surface area contributed by atoms with E-state index in [2.05, 4.69) is 40.9 Å². The summed E-state index contributed by atoms with van der Waals surface area (Å²) in [6.07, 6.45) is 5.33. The van der Waals surface area contributed by atoms with Gasteiger partial charge in [0.2, 0.25) is 5.91 Å². The minimum atomic E-state index is 0.126. The number of anilines is 2. The molecule has 2 atom stereocenters. The maximum absolute atomic E-state index is 12.6. The fourth-order valence-corrected chi connectivity index (χ4v) is 4.12. The molecule has 1 aromatic carbocycles. The minimum Gasteiger partial charge on any atom is -0.381 e. The first-order valence-corrected chi connectivity index (χ1v) is 10.2. The van der Waals surface area contributed by atoms with Crippen LogP contribution < -0.4 is 16.0 Å². The van der Waals surface area contributed by atoms with E-state index in [1.54, 1.807) is 0 Å². The van der Waals surface area contributed by atoms with Crippen LogP contribution in [0.4, 0.5) is 11.4 Å². The van der Waals surface area contributed by atoms with Gasteiger partial charge in [-0.15, -0.1) is 0 Å². The summed E-state index contributed by atoms with van der Waals surface area (Å²) in [5, 5.41) is 10.2. The van der Waals surface area contributed by atoms with Crippen LogP contribution in [0.3, 0.4) is 0 Å². The summed E-state index contributed by atoms with van der Waals surface area (Å²) in [5.41, 5.74) is 1.95. The van der Waals surface area contributed by atoms with Gasteiger partial charge < -0.3 is 20.9 Å². The first kappa shape index (κ1) is 19.2. The first-order chi connectivity index (χ1) is 12.6. The quantitative estimate of drug-likeness (QED) is 0.731. The Labute approximate surface area is 157 Å². The highest BCUT2D eigenvalue weighted by Gasteiger charge is 2.23. The molecule has 0 spiro atoms. The maximum atomic E-state index is 12.6. The van der Waals surface area contributed by atoms with Crippen molar-refractivity contribution in [1.82, 2.24) is 10.2 Å². The molecule has 3 rings (SSSR count). The lowest BCUT2D eigenvalue weighted by atomic mass is 9.85. The van der Waals surface area contributed by atoms with E-state index in [9.17, 15) is 4.79 Å². The third-order valence-corrected chi connectivity index (χ3v) is 5.93. The zero-order valence-electron chi connectivity index (χ0n) is 16.3. The highest BCUT2D eigenvalue weighted by atomic mass is 16.1. The Morgan fingerprint density at radius 3 is 2.65 bits per heavy atom. The van der Waals surface area contributed by atoms with Crippen molar-refractivity contribution in [3.8, 4) is 0 Å². The summed E-state index contributed by atoms with van der Waals surface area (Å²) in [7, 11) is 2.17. The van der Waals surface area contributed by atoms with Crippen molar-refractivity contribution in [1.29, 1.82) is 0 Å². The van der Waals surface area contributed by atoms with Crippen molar-refractivity contribution in [3.05, 3.63) is 24.3 Å². The molecule has 1 aromatic rings. The second kappa shape index (κ2) is 9.38. The number of nitrogens with one attached hydrogen (secondary N) is 3. The number of likely N-dealkylation sites (tertiary alicyclic amines) is 1. The van der Waals surface area contributed by atoms with Gasteiger partial charge in [-0.2, -0.15) is 0 Å². The molecule has 3 N–H and O–H groups in total. The monoisotopic (exact) mass is 358 g/mol. The van der Waals surface area contributed by atoms with Crippen molar-refractivity contribution >= 4 is 17.3 Å². The lowest BCUT2D eigenvalue weighted by molar-refractivity contribution is -0.117. The summed E-state index contributed by atoms with van der Waals surface area (Å²) in [4.78, 5) is 15.0. The van der Waals surface area contributed by atoms with Crippen molar-refractivity contribution < 1.29 is 4.79 Å². The maximum Gasteiger partial charge on any atom is 0.224 e. The molecule has 2 aliphatic heterocycles. The zero-order valence-corrected chi connectivity index (χ0v) is 16.3. The van der Waals surface area contributed by atoms with Crippen molar-refractivity contribution in [2.75, 3.05) is 43.9 Å². The van der Waals surface area contributed by atoms with Crippen LogP contribution in [0.15, 0.2) is 24.3 Å². The average Bonchev–Trinajstić information content (AvgIpc) is 2.66. The fraction of sp³-hybridized carbons (Fsp3) is 0.667. The highest BCUT2D eigenvalue weighted by Crippen LogP contribution is 2.26. The molecule has 0 aromatic heterocycles. The number of carbonyl (C=O) groups excluding carboxylic acids is 1. The molecule has 0 bridgehead atoms. The number of carbonyl (C=O) groups is 1. The molecule has 1 amide bonds. The molecule has 0 radical (unpaired) electrons. The van der Waals surface area contributed by atoms with E-state index in [0.717, 1.165) is 50.4 Å². The lowest BCUT2D eigenvalue weighted by Gasteiger charge is -2.31. The largest absolute Gasteiger partial charge is 0.381 e. The number of hydrogen-bond acceptors (Lipinski definition) is 4. The van der Waals surface area contributed by atoms with E-state index in [1.165, 1.54) is 12.8 Å². The van der Waals surface area contributed by atoms with Crippen LogP contribution in [0.25, 0.3) is 0 Å². The summed E-state index contributed by atoms with van der Waals surface area (Å²) in [6.45, 7) is 6.62. The molecule has 0 saturated carbocycles. The molecule has 2 saturated heterocycles. The van der Waals surface area contributed by atoms with Crippen LogP contribution in [0.1, 0.15) is 39.0 Å². The molecule has 5 heteroatoms. The molecule has 5 nitrogen and oxygen atoms in total. The van der Waals surface area contributed by atoms with E-state index in [1.807, 2.05) is 18.2 Å². The molecular weight excluding hydrogens is 324 g/mol. The van der Waals surface area contributed by atoms with Gasteiger partial charge in [0.1, 0.15) is 0 Å². The van der Waals surface area contributed by atoms with Gasteiger partial charge in [-0.05, 0) is 82.9 Å². The van der Waals surface area contributed by atoms with Crippen LogP contribution in [-0.2, 0) is 4.79 Å². The second-order valence-electron chi connectivity index (χ2n) is 8.10. The predicted octanol–water partition coefficient (Wildman–Crippen LogP) is 3.16. The number of rotatable bonds is 6. The van der Waals surface area contributed by atoms with Crippen LogP contribution in [0.2, 0.25) is 0 Å². The Balaban J connectivity index is 1.54. The van der Waals surface area contributed by atoms with Gasteiger partial charge in [0.15, 0.2) is 0 Å². The van der Waals surface area contributed by atoms with Crippen molar-refractivity contribution in [2.24, 2.45) is 11.8 Å². The Bertz CT molecular complexity index is 577. The summed E-state index contributed by atoms with van der Waals surface area (Å²) in [5.74, 6) is 1.15. The summed E-state index contributed by atoms with van der Waals surface area (Å²) in [6, 6.07) is 8.58. The van der Waals surface area contributed by atoms with E-state index < -0.39 is 0 Å². The standard InChI is InChI=1S/C21H34N4O/c1-16(17-6-5-11-22-15-17)14-21(26)24-20-8-4-3-7-19(20)23-18-9-12-25(2)13-10-18/h3-4,7-8,16-18,22-23H,5-6,9-15H2,1-2H3,(H,24,26). The van der Waals surface area contributed by atoms with Gasteiger partial charge in [0, 0.05) is 12.5 Å². The molecule has 2 unspecified atom stereocenters. The predicted molar refractivity (Wildman–Crippen MR) is 109 cm³/mol. The molecule has 26 heavy (non-hydrogen) atoms. The molecule has 144 valence electrons. The van der Waals surface area contributed by atoms with Gasteiger partial charge in [0.25, 0.3) is 0 Å². The Morgan fingerprint density at radius 2 is 1.96 bits per heavy atom. The van der Waals surface area contributed by atoms with Gasteiger partial charge in [-0.1, -0.05) is 19.1 Å². The normalized spacial score (nSPS) is 23.4. The van der Waals surface area contributed by atoms with Crippen LogP contribution in [0.5, 0.6) is 0 Å². The molecule has 2 heterocycles. The number of benzene rings is 1. The number of piperidine rings is 2. The molecular formula is C21H34N4O. The van der Waals surface area contributed by atoms with Crippen LogP contribution in [-0.4, -0.2) is 50.1 Å². The first-order valence-electron chi connectivity index (χ1n) is 10.2. The number of hydrogen-bond donors (Lipinski definition) is 3. The van der Waals surface area contributed by atoms with Crippen molar-refractivity contribution in [2.45, 2.75) is 45.1 Å². The SMILES string of the molecule is CC(CC(=O)Nc1ccccc1NC1CCN(C)CC1)C1CCCNC1. The second-order valence-corrected chi connectivity index (χ2v) is 8.10. The van der Waals surface area contributed by atoms with Crippen LogP contribution in [0, 0.1) is 11.8 Å². The summed E-state index contributed by atoms with van der Waals surface area (Å²) >= 11 is 0. The smallest absolute Gasteiger partial charge is 0.224 e. The number of amides is 1. The molecule has 2 aliphatic rings. The van der Waals surface area contributed by atoms with Crippen LogP contribution >= 0.6 is 0 Å². The van der Waals surface area contributed by atoms with Crippen molar-refractivity contribution in [3.63, 3.8) is 0 Å². The Kier molecular flexibility index (Phi) is 6.92. The third kappa shape index (κ3) is 5.45. The lowest BCUT2D eigenvalue weighted by Crippen LogP contribution is -2.37. The number of para-hydroxylation sites is 2. The summed E-state index contributed by atoms with van der Waals surface area (Å²) < 4.78 is 0. The van der Waals surface area contributed by atoms with Gasteiger partial charge >= 0.3 is 0 Å². The highest BCUT2D eigenvalue weighted by molar-refractivity contribution is 5.94. The van der Waals surface area contributed by atoms with Gasteiger partial charge in [0.05, 0.1) is 11.4 Å². The fourth-order valence-electron chi connectivity index (χ4n) is 4.12. The zero-order chi connectivity index (χ0) is 18.4. The van der Waals surface area contributed by atoms with E-state index >= 15 is 0 Å². The van der Waals surface area contributed by atoms with E-state index in [4.69, 9.17) is 0 Å².